The number of hydrogen-bond acceptors (Lipinski definition) is 1. The van der Waals surface area contributed by atoms with Crippen molar-refractivity contribution in [3.05, 3.63) is 12.7 Å². The van der Waals surface area contributed by atoms with Crippen LogP contribution in [-0.4, -0.2) is 44.1 Å². The van der Waals surface area contributed by atoms with E-state index in [0.717, 1.165) is 6.42 Å². The number of allylic oxidation sites excluding steroid dienone is 1. The molecule has 0 spiro atoms. The van der Waals surface area contributed by atoms with Crippen LogP contribution in [0, 0.1) is 5.41 Å². The molecule has 1 unspecified atom stereocenters. The molecule has 0 aromatic carbocycles. The van der Waals surface area contributed by atoms with E-state index >= 15 is 0 Å². The van der Waals surface area contributed by atoms with Crippen molar-refractivity contribution in [1.82, 2.24) is 0 Å². The van der Waals surface area contributed by atoms with Crippen molar-refractivity contribution < 1.29 is 8.76 Å². The van der Waals surface area contributed by atoms with Crippen LogP contribution in [0.1, 0.15) is 20.3 Å². The van der Waals surface area contributed by atoms with Crippen molar-refractivity contribution in [1.29, 1.82) is 0 Å². The first-order valence-corrected chi connectivity index (χ1v) is 4.44. The Kier molecular flexibility index (Phi) is 8.33. The summed E-state index contributed by atoms with van der Waals surface area (Å²) in [5.74, 6) is 0.318. The van der Waals surface area contributed by atoms with E-state index < -0.39 is 11.1 Å². The van der Waals surface area contributed by atoms with Crippen molar-refractivity contribution >= 4 is 40.6 Å². The SMILES string of the molecule is C=CCC(C)(C)CS(=O)O.[NaH]. The summed E-state index contributed by atoms with van der Waals surface area (Å²) in [6.07, 6.45) is 2.55. The maximum atomic E-state index is 10.4. The quantitative estimate of drug-likeness (QED) is 0.406. The zero-order valence-electron chi connectivity index (χ0n) is 6.46. The van der Waals surface area contributed by atoms with Gasteiger partial charge in [-0.25, -0.2) is 4.21 Å². The molecule has 62 valence electrons. The summed E-state index contributed by atoms with van der Waals surface area (Å²) in [6.45, 7) is 7.47. The molecular weight excluding hydrogens is 171 g/mol. The van der Waals surface area contributed by atoms with Crippen LogP contribution in [0.4, 0.5) is 0 Å². The van der Waals surface area contributed by atoms with Crippen LogP contribution in [0.15, 0.2) is 12.7 Å². The molecule has 1 atom stereocenters. The van der Waals surface area contributed by atoms with Crippen molar-refractivity contribution in [2.45, 2.75) is 20.3 Å². The fraction of sp³-hybridized carbons (Fsp3) is 0.714. The Hall–Kier alpha value is 0.850. The molecule has 0 fully saturated rings. The van der Waals surface area contributed by atoms with Gasteiger partial charge in [0, 0.05) is 0 Å². The van der Waals surface area contributed by atoms with Crippen LogP contribution in [-0.2, 0) is 11.1 Å². The molecule has 0 aliphatic rings. The van der Waals surface area contributed by atoms with Gasteiger partial charge in [0.05, 0.1) is 5.75 Å². The van der Waals surface area contributed by atoms with E-state index in [2.05, 4.69) is 6.58 Å². The van der Waals surface area contributed by atoms with Gasteiger partial charge < -0.3 is 4.55 Å². The van der Waals surface area contributed by atoms with E-state index in [9.17, 15) is 4.21 Å². The average Bonchev–Trinajstić information content (AvgIpc) is 1.59. The van der Waals surface area contributed by atoms with Crippen molar-refractivity contribution in [2.75, 3.05) is 5.75 Å². The third-order valence-corrected chi connectivity index (χ3v) is 2.24. The molecule has 2 nitrogen and oxygen atoms in total. The number of rotatable bonds is 4. The van der Waals surface area contributed by atoms with Gasteiger partial charge in [-0.1, -0.05) is 19.9 Å². The summed E-state index contributed by atoms with van der Waals surface area (Å²) in [5.41, 5.74) is -0.0959. The normalized spacial score (nSPS) is 13.4. The topological polar surface area (TPSA) is 37.3 Å². The van der Waals surface area contributed by atoms with E-state index in [0.29, 0.717) is 5.75 Å². The summed E-state index contributed by atoms with van der Waals surface area (Å²) in [6, 6.07) is 0. The van der Waals surface area contributed by atoms with Gasteiger partial charge in [-0.3, -0.25) is 0 Å². The Balaban J connectivity index is 0. The number of hydrogen-bond donors (Lipinski definition) is 1. The van der Waals surface area contributed by atoms with E-state index in [-0.39, 0.29) is 35.0 Å². The Morgan fingerprint density at radius 2 is 2.09 bits per heavy atom. The van der Waals surface area contributed by atoms with E-state index in [1.807, 2.05) is 13.8 Å². The van der Waals surface area contributed by atoms with Crippen molar-refractivity contribution in [2.24, 2.45) is 5.41 Å². The summed E-state index contributed by atoms with van der Waals surface area (Å²) in [5, 5.41) is 0. The van der Waals surface area contributed by atoms with E-state index in [4.69, 9.17) is 4.55 Å². The van der Waals surface area contributed by atoms with E-state index in [1.54, 1.807) is 6.08 Å². The molecule has 1 N–H and O–H groups in total. The van der Waals surface area contributed by atoms with Gasteiger partial charge in [0.25, 0.3) is 0 Å². The second-order valence-electron chi connectivity index (χ2n) is 3.12. The summed E-state index contributed by atoms with van der Waals surface area (Å²) in [7, 11) is 0. The van der Waals surface area contributed by atoms with Crippen LogP contribution in [0.25, 0.3) is 0 Å². The van der Waals surface area contributed by atoms with Gasteiger partial charge in [0.2, 0.25) is 0 Å². The maximum absolute atomic E-state index is 10.4. The molecule has 0 heterocycles. The zero-order chi connectivity index (χ0) is 8.20. The van der Waals surface area contributed by atoms with Gasteiger partial charge >= 0.3 is 29.6 Å². The minimum atomic E-state index is -1.68. The van der Waals surface area contributed by atoms with Crippen LogP contribution < -0.4 is 0 Å². The van der Waals surface area contributed by atoms with Crippen LogP contribution in [0.3, 0.4) is 0 Å². The Bertz CT molecular complexity index is 145. The average molecular weight is 186 g/mol. The zero-order valence-corrected chi connectivity index (χ0v) is 7.28. The predicted octanol–water partition coefficient (Wildman–Crippen LogP) is 1.16. The molecule has 0 bridgehead atoms. The van der Waals surface area contributed by atoms with E-state index in [1.165, 1.54) is 0 Å². The Morgan fingerprint density at radius 1 is 1.64 bits per heavy atom. The predicted molar refractivity (Wildman–Crippen MR) is 51.4 cm³/mol. The van der Waals surface area contributed by atoms with Crippen molar-refractivity contribution in [3.8, 4) is 0 Å². The molecule has 0 rings (SSSR count). The molecule has 0 radical (unpaired) electrons. The second kappa shape index (κ2) is 6.38. The molecule has 11 heavy (non-hydrogen) atoms. The second-order valence-corrected chi connectivity index (χ2v) is 4.05. The fourth-order valence-electron chi connectivity index (χ4n) is 0.784. The monoisotopic (exact) mass is 186 g/mol. The molecular formula is C7H15NaO2S. The molecule has 0 amide bonds. The first-order valence-electron chi connectivity index (χ1n) is 3.16. The minimum absolute atomic E-state index is 0. The summed E-state index contributed by atoms with van der Waals surface area (Å²) in [4.78, 5) is 0. The standard InChI is InChI=1S/C7H14O2S.Na.H/c1-4-5-7(2,3)6-10(8)9;;/h4H,1,5-6H2,2-3H3,(H,8,9);;. The molecule has 0 saturated heterocycles. The Morgan fingerprint density at radius 3 is 2.36 bits per heavy atom. The van der Waals surface area contributed by atoms with Gasteiger partial charge in [0.15, 0.2) is 11.1 Å². The fourth-order valence-corrected chi connectivity index (χ4v) is 1.57. The third-order valence-electron chi connectivity index (χ3n) is 1.21. The first-order chi connectivity index (χ1) is 4.48. The van der Waals surface area contributed by atoms with Crippen LogP contribution in [0.5, 0.6) is 0 Å². The molecule has 0 aliphatic heterocycles. The van der Waals surface area contributed by atoms with Crippen LogP contribution >= 0.6 is 0 Å². The molecule has 0 aromatic heterocycles. The molecule has 4 heteroatoms. The molecule has 0 saturated carbocycles. The first kappa shape index (κ1) is 14.4. The van der Waals surface area contributed by atoms with Crippen LogP contribution in [0.2, 0.25) is 0 Å². The summed E-state index contributed by atoms with van der Waals surface area (Å²) < 4.78 is 18.9. The van der Waals surface area contributed by atoms with Crippen molar-refractivity contribution in [3.63, 3.8) is 0 Å². The van der Waals surface area contributed by atoms with Gasteiger partial charge in [-0.2, -0.15) is 0 Å². The van der Waals surface area contributed by atoms with Gasteiger partial charge in [-0.15, -0.1) is 6.58 Å². The summed E-state index contributed by atoms with van der Waals surface area (Å²) >= 11 is -1.68. The van der Waals surface area contributed by atoms with Gasteiger partial charge in [-0.05, 0) is 11.8 Å². The Labute approximate surface area is 93.0 Å². The molecule has 0 aliphatic carbocycles. The van der Waals surface area contributed by atoms with Gasteiger partial charge in [0.1, 0.15) is 0 Å². The third kappa shape index (κ3) is 8.76. The molecule has 0 aromatic rings.